The summed E-state index contributed by atoms with van der Waals surface area (Å²) < 4.78 is 7.03. The van der Waals surface area contributed by atoms with Crippen molar-refractivity contribution < 1.29 is 4.42 Å². The monoisotopic (exact) mass is 335 g/mol. The number of benzene rings is 3. The minimum atomic E-state index is 0.925. The molecule has 2 heterocycles. The normalized spacial score (nSPS) is 12.0. The van der Waals surface area contributed by atoms with Crippen molar-refractivity contribution in [2.24, 2.45) is 0 Å². The van der Waals surface area contributed by atoms with Crippen LogP contribution in [0.4, 0.5) is 0 Å². The minimum Gasteiger partial charge on any atom is -0.456 e. The lowest BCUT2D eigenvalue weighted by Gasteiger charge is -1.93. The van der Waals surface area contributed by atoms with Gasteiger partial charge in [0.25, 0.3) is 0 Å². The summed E-state index contributed by atoms with van der Waals surface area (Å²) in [6.07, 6.45) is 0. The zero-order valence-corrected chi connectivity index (χ0v) is 12.6. The second-order valence-corrected chi connectivity index (χ2v) is 6.22. The number of hydrogen-bond donors (Lipinski definition) is 1. The first kappa shape index (κ1) is 11.4. The number of aromatic amines is 1. The fraction of sp³-hybridized carbons (Fsp3) is 0. The number of para-hydroxylation sites is 1. The zero-order chi connectivity index (χ0) is 14.0. The maximum Gasteiger partial charge on any atom is 0.137 e. The molecule has 0 fully saturated rings. The standard InChI is InChI=1S/C18H10BrNO/c19-10-5-6-11-13-8-14-12-3-1-2-4-17(12)21-18(14)9-16(13)20-15(11)7-10/h1-9,20H. The van der Waals surface area contributed by atoms with Gasteiger partial charge in [-0.15, -0.1) is 0 Å². The Balaban J connectivity index is 2.01. The first-order valence-electron chi connectivity index (χ1n) is 6.82. The van der Waals surface area contributed by atoms with Gasteiger partial charge in [0.2, 0.25) is 0 Å². The highest BCUT2D eigenvalue weighted by Gasteiger charge is 2.11. The first-order chi connectivity index (χ1) is 10.3. The molecule has 0 bridgehead atoms. The quantitative estimate of drug-likeness (QED) is 0.370. The highest BCUT2D eigenvalue weighted by molar-refractivity contribution is 9.10. The van der Waals surface area contributed by atoms with Crippen molar-refractivity contribution in [1.82, 2.24) is 4.98 Å². The largest absolute Gasteiger partial charge is 0.456 e. The van der Waals surface area contributed by atoms with Gasteiger partial charge in [-0.25, -0.2) is 0 Å². The summed E-state index contributed by atoms with van der Waals surface area (Å²) >= 11 is 3.52. The molecule has 2 nitrogen and oxygen atoms in total. The average Bonchev–Trinajstić information content (AvgIpc) is 3.01. The van der Waals surface area contributed by atoms with Crippen molar-refractivity contribution in [3.8, 4) is 0 Å². The molecule has 3 heteroatoms. The third kappa shape index (κ3) is 1.52. The maximum absolute atomic E-state index is 5.95. The summed E-state index contributed by atoms with van der Waals surface area (Å²) in [6.45, 7) is 0. The minimum absolute atomic E-state index is 0.925. The van der Waals surface area contributed by atoms with Crippen LogP contribution in [0.15, 0.2) is 63.5 Å². The van der Waals surface area contributed by atoms with E-state index in [0.717, 1.165) is 26.7 Å². The second-order valence-electron chi connectivity index (χ2n) is 5.31. The number of furan rings is 1. The molecule has 0 spiro atoms. The lowest BCUT2D eigenvalue weighted by molar-refractivity contribution is 0.669. The number of aromatic nitrogens is 1. The molecular weight excluding hydrogens is 326 g/mol. The summed E-state index contributed by atoms with van der Waals surface area (Å²) in [5, 5.41) is 4.81. The van der Waals surface area contributed by atoms with Gasteiger partial charge >= 0.3 is 0 Å². The van der Waals surface area contributed by atoms with Gasteiger partial charge in [0.05, 0.1) is 5.52 Å². The predicted octanol–water partition coefficient (Wildman–Crippen LogP) is 5.98. The molecule has 1 N–H and O–H groups in total. The molecule has 0 amide bonds. The zero-order valence-electron chi connectivity index (χ0n) is 11.0. The lowest BCUT2D eigenvalue weighted by atomic mass is 10.1. The molecule has 100 valence electrons. The molecule has 0 saturated carbocycles. The van der Waals surface area contributed by atoms with Gasteiger partial charge in [-0.05, 0) is 24.3 Å². The van der Waals surface area contributed by atoms with E-state index < -0.39 is 0 Å². The predicted molar refractivity (Wildman–Crippen MR) is 90.8 cm³/mol. The van der Waals surface area contributed by atoms with Crippen LogP contribution in [0, 0.1) is 0 Å². The molecule has 0 atom stereocenters. The van der Waals surface area contributed by atoms with Crippen LogP contribution in [-0.4, -0.2) is 4.98 Å². The highest BCUT2D eigenvalue weighted by atomic mass is 79.9. The average molecular weight is 336 g/mol. The SMILES string of the molecule is Brc1ccc2c(c1)[nH]c1cc3oc4ccccc4c3cc12. The molecule has 2 aromatic heterocycles. The third-order valence-electron chi connectivity index (χ3n) is 4.06. The molecule has 3 aromatic carbocycles. The lowest BCUT2D eigenvalue weighted by Crippen LogP contribution is -1.69. The van der Waals surface area contributed by atoms with Crippen LogP contribution < -0.4 is 0 Å². The number of hydrogen-bond acceptors (Lipinski definition) is 1. The molecule has 0 unspecified atom stereocenters. The topological polar surface area (TPSA) is 28.9 Å². The fourth-order valence-corrected chi connectivity index (χ4v) is 3.46. The van der Waals surface area contributed by atoms with Gasteiger partial charge in [0.15, 0.2) is 0 Å². The van der Waals surface area contributed by atoms with E-state index in [1.165, 1.54) is 21.5 Å². The van der Waals surface area contributed by atoms with Crippen LogP contribution in [0.2, 0.25) is 0 Å². The van der Waals surface area contributed by atoms with E-state index in [9.17, 15) is 0 Å². The van der Waals surface area contributed by atoms with Gasteiger partial charge in [0, 0.05) is 37.6 Å². The van der Waals surface area contributed by atoms with E-state index in [0.29, 0.717) is 0 Å². The number of rotatable bonds is 0. The molecule has 5 rings (SSSR count). The van der Waals surface area contributed by atoms with Crippen molar-refractivity contribution >= 4 is 59.7 Å². The second kappa shape index (κ2) is 3.89. The Kier molecular flexibility index (Phi) is 2.11. The van der Waals surface area contributed by atoms with E-state index in [-0.39, 0.29) is 0 Å². The van der Waals surface area contributed by atoms with Crippen LogP contribution in [0.3, 0.4) is 0 Å². The highest BCUT2D eigenvalue weighted by Crippen LogP contribution is 2.35. The van der Waals surface area contributed by atoms with Crippen molar-refractivity contribution in [3.63, 3.8) is 0 Å². The Morgan fingerprint density at radius 2 is 1.57 bits per heavy atom. The van der Waals surface area contributed by atoms with Crippen LogP contribution in [-0.2, 0) is 0 Å². The number of H-pyrrole nitrogens is 1. The maximum atomic E-state index is 5.95. The summed E-state index contributed by atoms with van der Waals surface area (Å²) in [4.78, 5) is 3.47. The first-order valence-corrected chi connectivity index (χ1v) is 7.61. The summed E-state index contributed by atoms with van der Waals surface area (Å²) in [5.74, 6) is 0. The molecular formula is C18H10BrNO. The van der Waals surface area contributed by atoms with Crippen LogP contribution in [0.25, 0.3) is 43.7 Å². The van der Waals surface area contributed by atoms with Gasteiger partial charge < -0.3 is 9.40 Å². The molecule has 0 aliphatic carbocycles. The van der Waals surface area contributed by atoms with Crippen LogP contribution in [0.5, 0.6) is 0 Å². The van der Waals surface area contributed by atoms with E-state index in [1.807, 2.05) is 18.2 Å². The van der Waals surface area contributed by atoms with E-state index in [1.54, 1.807) is 0 Å². The molecule has 5 aromatic rings. The third-order valence-corrected chi connectivity index (χ3v) is 4.55. The van der Waals surface area contributed by atoms with Gasteiger partial charge in [0.1, 0.15) is 11.2 Å². The summed E-state index contributed by atoms with van der Waals surface area (Å²) in [6, 6.07) is 18.8. The van der Waals surface area contributed by atoms with Crippen molar-refractivity contribution in [2.75, 3.05) is 0 Å². The Morgan fingerprint density at radius 3 is 2.52 bits per heavy atom. The van der Waals surface area contributed by atoms with Crippen molar-refractivity contribution in [1.29, 1.82) is 0 Å². The number of fused-ring (bicyclic) bond motifs is 6. The molecule has 0 aliphatic heterocycles. The van der Waals surface area contributed by atoms with Crippen LogP contribution >= 0.6 is 15.9 Å². The van der Waals surface area contributed by atoms with Gasteiger partial charge in [-0.1, -0.05) is 40.2 Å². The Bertz CT molecular complexity index is 1150. The number of halogens is 1. The Morgan fingerprint density at radius 1 is 0.714 bits per heavy atom. The summed E-state index contributed by atoms with van der Waals surface area (Å²) in [5.41, 5.74) is 4.10. The fourth-order valence-electron chi connectivity index (χ4n) is 3.10. The van der Waals surface area contributed by atoms with Crippen molar-refractivity contribution in [3.05, 3.63) is 59.1 Å². The smallest absolute Gasteiger partial charge is 0.137 e. The summed E-state index contributed by atoms with van der Waals surface area (Å²) in [7, 11) is 0. The van der Waals surface area contributed by atoms with Crippen LogP contribution in [0.1, 0.15) is 0 Å². The Hall–Kier alpha value is -2.26. The van der Waals surface area contributed by atoms with E-state index >= 15 is 0 Å². The molecule has 0 radical (unpaired) electrons. The molecule has 21 heavy (non-hydrogen) atoms. The Labute approximate surface area is 128 Å². The van der Waals surface area contributed by atoms with Gasteiger partial charge in [-0.2, -0.15) is 0 Å². The van der Waals surface area contributed by atoms with E-state index in [4.69, 9.17) is 4.42 Å². The van der Waals surface area contributed by atoms with E-state index in [2.05, 4.69) is 57.3 Å². The molecule has 0 aliphatic rings. The van der Waals surface area contributed by atoms with Crippen molar-refractivity contribution in [2.45, 2.75) is 0 Å². The number of nitrogens with one attached hydrogen (secondary N) is 1. The van der Waals surface area contributed by atoms with Gasteiger partial charge in [-0.3, -0.25) is 0 Å². The molecule has 0 saturated heterocycles.